The SMILES string of the molecule is O=C(Nc1ccc(N2CCCCC2)c(Cl)c1)c1cn(-c2ccccc2)nc1-c1cccnc1. The molecule has 0 saturated carbocycles. The Hall–Kier alpha value is -3.64. The molecule has 7 heteroatoms. The van der Waals surface area contributed by atoms with Gasteiger partial charge in [0.15, 0.2) is 0 Å². The molecule has 0 atom stereocenters. The van der Waals surface area contributed by atoms with Crippen LogP contribution in [0.2, 0.25) is 5.02 Å². The fourth-order valence-electron chi connectivity index (χ4n) is 4.14. The number of amides is 1. The fourth-order valence-corrected chi connectivity index (χ4v) is 4.44. The van der Waals surface area contributed by atoms with Crippen molar-refractivity contribution < 1.29 is 4.79 Å². The predicted molar refractivity (Wildman–Crippen MR) is 132 cm³/mol. The second-order valence-electron chi connectivity index (χ2n) is 8.08. The second kappa shape index (κ2) is 9.46. The lowest BCUT2D eigenvalue weighted by molar-refractivity contribution is 0.102. The maximum Gasteiger partial charge on any atom is 0.259 e. The van der Waals surface area contributed by atoms with Gasteiger partial charge < -0.3 is 10.2 Å². The number of hydrogen-bond acceptors (Lipinski definition) is 4. The first-order valence-electron chi connectivity index (χ1n) is 11.1. The predicted octanol–water partition coefficient (Wildman–Crippen LogP) is 5.83. The smallest absolute Gasteiger partial charge is 0.259 e. The molecule has 2 aromatic carbocycles. The van der Waals surface area contributed by atoms with Crippen LogP contribution in [0.3, 0.4) is 0 Å². The monoisotopic (exact) mass is 457 g/mol. The minimum atomic E-state index is -0.252. The van der Waals surface area contributed by atoms with Gasteiger partial charge in [0, 0.05) is 42.9 Å². The molecule has 0 aliphatic carbocycles. The molecule has 2 aromatic heterocycles. The molecule has 166 valence electrons. The molecule has 3 heterocycles. The van der Waals surface area contributed by atoms with Gasteiger partial charge in [0.2, 0.25) is 0 Å². The summed E-state index contributed by atoms with van der Waals surface area (Å²) in [6.07, 6.45) is 8.77. The van der Waals surface area contributed by atoms with Crippen LogP contribution in [-0.4, -0.2) is 33.8 Å². The Morgan fingerprint density at radius 1 is 0.970 bits per heavy atom. The van der Waals surface area contributed by atoms with Gasteiger partial charge in [-0.2, -0.15) is 5.10 Å². The largest absolute Gasteiger partial charge is 0.370 e. The number of hydrogen-bond donors (Lipinski definition) is 1. The van der Waals surface area contributed by atoms with Gasteiger partial charge >= 0.3 is 0 Å². The van der Waals surface area contributed by atoms with Gasteiger partial charge in [-0.25, -0.2) is 4.68 Å². The average Bonchev–Trinajstić information content (AvgIpc) is 3.32. The van der Waals surface area contributed by atoms with Gasteiger partial charge in [0.1, 0.15) is 5.69 Å². The summed E-state index contributed by atoms with van der Waals surface area (Å²) in [4.78, 5) is 19.8. The second-order valence-corrected chi connectivity index (χ2v) is 8.49. The highest BCUT2D eigenvalue weighted by molar-refractivity contribution is 6.33. The van der Waals surface area contributed by atoms with Crippen LogP contribution in [0.1, 0.15) is 29.6 Å². The molecule has 1 N–H and O–H groups in total. The van der Waals surface area contributed by atoms with Gasteiger partial charge in [0.25, 0.3) is 5.91 Å². The fraction of sp³-hybridized carbons (Fsp3) is 0.192. The summed E-state index contributed by atoms with van der Waals surface area (Å²) >= 11 is 6.59. The standard InChI is InChI=1S/C26H24ClN5O/c27-23-16-20(11-12-24(23)31-14-5-2-6-15-31)29-26(33)22-18-32(21-9-3-1-4-10-21)30-25(22)19-8-7-13-28-17-19/h1,3-4,7-13,16-18H,2,5-6,14-15H2,(H,29,33). The molecule has 1 fully saturated rings. The van der Waals surface area contributed by atoms with E-state index < -0.39 is 0 Å². The van der Waals surface area contributed by atoms with Crippen molar-refractivity contribution in [1.82, 2.24) is 14.8 Å². The first-order chi connectivity index (χ1) is 16.2. The Labute approximate surface area is 197 Å². The summed E-state index contributed by atoms with van der Waals surface area (Å²) in [6.45, 7) is 2.02. The molecule has 6 nitrogen and oxygen atoms in total. The third-order valence-electron chi connectivity index (χ3n) is 5.82. The number of nitrogens with one attached hydrogen (secondary N) is 1. The van der Waals surface area contributed by atoms with Crippen molar-refractivity contribution in [2.75, 3.05) is 23.3 Å². The first-order valence-corrected chi connectivity index (χ1v) is 11.5. The van der Waals surface area contributed by atoms with E-state index in [1.54, 1.807) is 23.3 Å². The molecule has 0 unspecified atom stereocenters. The molecule has 4 aromatic rings. The molecular weight excluding hydrogens is 434 g/mol. The summed E-state index contributed by atoms with van der Waals surface area (Å²) in [5, 5.41) is 8.32. The van der Waals surface area contributed by atoms with Crippen molar-refractivity contribution in [2.24, 2.45) is 0 Å². The van der Waals surface area contributed by atoms with E-state index in [0.717, 1.165) is 30.0 Å². The minimum absolute atomic E-state index is 0.252. The Balaban J connectivity index is 1.44. The van der Waals surface area contributed by atoms with Gasteiger partial charge in [0.05, 0.1) is 22.0 Å². The number of halogens is 1. The summed E-state index contributed by atoms with van der Waals surface area (Å²) < 4.78 is 1.71. The van der Waals surface area contributed by atoms with E-state index >= 15 is 0 Å². The van der Waals surface area contributed by atoms with Crippen LogP contribution in [0.15, 0.2) is 79.3 Å². The molecule has 33 heavy (non-hydrogen) atoms. The molecule has 0 radical (unpaired) electrons. The average molecular weight is 458 g/mol. The molecule has 5 rings (SSSR count). The minimum Gasteiger partial charge on any atom is -0.370 e. The lowest BCUT2D eigenvalue weighted by Crippen LogP contribution is -2.29. The van der Waals surface area contributed by atoms with E-state index in [1.165, 1.54) is 19.3 Å². The van der Waals surface area contributed by atoms with Crippen LogP contribution in [0, 0.1) is 0 Å². The van der Waals surface area contributed by atoms with Crippen LogP contribution in [0.4, 0.5) is 11.4 Å². The van der Waals surface area contributed by atoms with Crippen LogP contribution >= 0.6 is 11.6 Å². The van der Waals surface area contributed by atoms with Crippen LogP contribution in [0.5, 0.6) is 0 Å². The van der Waals surface area contributed by atoms with E-state index in [4.69, 9.17) is 11.6 Å². The van der Waals surface area contributed by atoms with Gasteiger partial charge in [-0.05, 0) is 61.7 Å². The molecule has 1 aliphatic rings. The van der Waals surface area contributed by atoms with Crippen molar-refractivity contribution in [3.05, 3.63) is 89.8 Å². The van der Waals surface area contributed by atoms with Crippen LogP contribution in [0.25, 0.3) is 16.9 Å². The van der Waals surface area contributed by atoms with Gasteiger partial charge in [-0.1, -0.05) is 29.8 Å². The van der Waals surface area contributed by atoms with Crippen LogP contribution in [-0.2, 0) is 0 Å². The van der Waals surface area contributed by atoms with Crippen molar-refractivity contribution in [2.45, 2.75) is 19.3 Å². The van der Waals surface area contributed by atoms with E-state index in [9.17, 15) is 4.79 Å². The van der Waals surface area contributed by atoms with Gasteiger partial charge in [-0.3, -0.25) is 9.78 Å². The zero-order valence-electron chi connectivity index (χ0n) is 18.1. The summed E-state index contributed by atoms with van der Waals surface area (Å²) in [7, 11) is 0. The number of nitrogens with zero attached hydrogens (tertiary/aromatic N) is 4. The van der Waals surface area contributed by atoms with Crippen molar-refractivity contribution in [3.63, 3.8) is 0 Å². The third-order valence-corrected chi connectivity index (χ3v) is 6.12. The highest BCUT2D eigenvalue weighted by Crippen LogP contribution is 2.31. The Morgan fingerprint density at radius 2 is 1.79 bits per heavy atom. The highest BCUT2D eigenvalue weighted by Gasteiger charge is 2.20. The van der Waals surface area contributed by atoms with E-state index in [-0.39, 0.29) is 5.91 Å². The number of carbonyl (C=O) groups is 1. The normalized spacial score (nSPS) is 13.7. The van der Waals surface area contributed by atoms with Crippen molar-refractivity contribution >= 4 is 28.9 Å². The molecule has 1 aliphatic heterocycles. The topological polar surface area (TPSA) is 63.1 Å². The molecular formula is C26H24ClN5O. The van der Waals surface area contributed by atoms with Crippen LogP contribution < -0.4 is 10.2 Å². The quantitative estimate of drug-likeness (QED) is 0.409. The summed E-state index contributed by atoms with van der Waals surface area (Å²) in [5.41, 5.74) is 4.34. The molecule has 1 amide bonds. The van der Waals surface area contributed by atoms with Gasteiger partial charge in [-0.15, -0.1) is 0 Å². The molecule has 0 spiro atoms. The zero-order chi connectivity index (χ0) is 22.6. The lowest BCUT2D eigenvalue weighted by Gasteiger charge is -2.29. The Morgan fingerprint density at radius 3 is 2.52 bits per heavy atom. The zero-order valence-corrected chi connectivity index (χ0v) is 18.9. The number of aromatic nitrogens is 3. The lowest BCUT2D eigenvalue weighted by atomic mass is 10.1. The number of carbonyl (C=O) groups excluding carboxylic acids is 1. The number of para-hydroxylation sites is 1. The summed E-state index contributed by atoms with van der Waals surface area (Å²) in [5.74, 6) is -0.252. The van der Waals surface area contributed by atoms with E-state index in [0.29, 0.717) is 22.0 Å². The maximum absolute atomic E-state index is 13.3. The Bertz CT molecular complexity index is 1250. The molecule has 0 bridgehead atoms. The van der Waals surface area contributed by atoms with E-state index in [2.05, 4.69) is 20.3 Å². The van der Waals surface area contributed by atoms with Crippen molar-refractivity contribution in [1.29, 1.82) is 0 Å². The number of anilines is 2. The number of piperidine rings is 1. The number of pyridine rings is 1. The van der Waals surface area contributed by atoms with Crippen molar-refractivity contribution in [3.8, 4) is 16.9 Å². The maximum atomic E-state index is 13.3. The highest BCUT2D eigenvalue weighted by atomic mass is 35.5. The van der Waals surface area contributed by atoms with E-state index in [1.807, 2.05) is 60.7 Å². The molecule has 1 saturated heterocycles. The summed E-state index contributed by atoms with van der Waals surface area (Å²) in [6, 6.07) is 19.1. The third kappa shape index (κ3) is 4.61. The number of rotatable bonds is 5. The Kier molecular flexibility index (Phi) is 6.09. The number of benzene rings is 2. The first kappa shape index (κ1) is 21.2.